The van der Waals surface area contributed by atoms with Crippen LogP contribution >= 0.6 is 0 Å². The van der Waals surface area contributed by atoms with Gasteiger partial charge in [0.1, 0.15) is 11.9 Å². The molecule has 0 bridgehead atoms. The molecule has 1 fully saturated rings. The van der Waals surface area contributed by atoms with Gasteiger partial charge in [-0.25, -0.2) is 4.79 Å². The Balaban J connectivity index is 1.95. The normalized spacial score (nSPS) is 15.8. The molecule has 0 heterocycles. The van der Waals surface area contributed by atoms with Gasteiger partial charge in [-0.3, -0.25) is 4.79 Å². The van der Waals surface area contributed by atoms with Crippen molar-refractivity contribution in [2.75, 3.05) is 7.11 Å². The van der Waals surface area contributed by atoms with Gasteiger partial charge in [0.15, 0.2) is 0 Å². The van der Waals surface area contributed by atoms with Crippen molar-refractivity contribution in [3.05, 3.63) is 29.8 Å². The molecule has 0 unspecified atom stereocenters. The smallest absolute Gasteiger partial charge is 0.379 e. The summed E-state index contributed by atoms with van der Waals surface area (Å²) in [7, 11) is 1.55. The van der Waals surface area contributed by atoms with Gasteiger partial charge in [-0.05, 0) is 49.9 Å². The summed E-state index contributed by atoms with van der Waals surface area (Å²) in [6.45, 7) is 0. The molecule has 1 aliphatic rings. The van der Waals surface area contributed by atoms with E-state index >= 15 is 0 Å². The number of hydrogen-bond acceptors (Lipinski definition) is 4. The van der Waals surface area contributed by atoms with Crippen LogP contribution in [0.2, 0.25) is 0 Å². The fourth-order valence-corrected chi connectivity index (χ4v) is 2.25. The predicted octanol–water partition coefficient (Wildman–Crippen LogP) is 2.75. The van der Waals surface area contributed by atoms with Gasteiger partial charge in [0.05, 0.1) is 7.11 Å². The van der Waals surface area contributed by atoms with E-state index < -0.39 is 11.8 Å². The molecule has 2 rings (SSSR count). The van der Waals surface area contributed by atoms with Crippen molar-refractivity contribution in [2.45, 2.75) is 38.2 Å². The molecule has 1 aromatic carbocycles. The first-order valence-electron chi connectivity index (χ1n) is 6.60. The van der Waals surface area contributed by atoms with E-state index in [1.54, 1.807) is 31.4 Å². The van der Waals surface area contributed by atoms with Crippen molar-refractivity contribution < 1.29 is 19.1 Å². The Hall–Kier alpha value is -1.84. The minimum Gasteiger partial charge on any atom is -0.497 e. The maximum Gasteiger partial charge on any atom is 0.379 e. The van der Waals surface area contributed by atoms with Crippen LogP contribution in [0.4, 0.5) is 0 Å². The molecular weight excluding hydrogens is 244 g/mol. The molecule has 19 heavy (non-hydrogen) atoms. The summed E-state index contributed by atoms with van der Waals surface area (Å²) in [6, 6.07) is 6.45. The average molecular weight is 262 g/mol. The lowest BCUT2D eigenvalue weighted by molar-refractivity contribution is -0.144. The quantitative estimate of drug-likeness (QED) is 0.475. The molecule has 102 valence electrons. The molecular formula is C15H18O4. The predicted molar refractivity (Wildman–Crippen MR) is 70.3 cm³/mol. The fourth-order valence-electron chi connectivity index (χ4n) is 2.25. The SMILES string of the molecule is COc1ccc(C(=O)C(=O)OC2CCCCC2)cc1. The van der Waals surface area contributed by atoms with E-state index in [0.29, 0.717) is 11.3 Å². The second kappa shape index (κ2) is 6.36. The molecule has 0 amide bonds. The van der Waals surface area contributed by atoms with Gasteiger partial charge in [-0.15, -0.1) is 0 Å². The summed E-state index contributed by atoms with van der Waals surface area (Å²) in [6.07, 6.45) is 4.94. The second-order valence-corrected chi connectivity index (χ2v) is 4.72. The van der Waals surface area contributed by atoms with Crippen molar-refractivity contribution in [3.63, 3.8) is 0 Å². The second-order valence-electron chi connectivity index (χ2n) is 4.72. The highest BCUT2D eigenvalue weighted by Crippen LogP contribution is 2.21. The first-order valence-corrected chi connectivity index (χ1v) is 6.60. The molecule has 1 aromatic rings. The van der Waals surface area contributed by atoms with E-state index in [-0.39, 0.29) is 6.10 Å². The first-order chi connectivity index (χ1) is 9.20. The van der Waals surface area contributed by atoms with Crippen molar-refractivity contribution in [2.24, 2.45) is 0 Å². The molecule has 0 spiro atoms. The third-order valence-electron chi connectivity index (χ3n) is 3.36. The maximum atomic E-state index is 11.9. The number of ether oxygens (including phenoxy) is 2. The number of ketones is 1. The Morgan fingerprint density at radius 2 is 1.68 bits per heavy atom. The number of Topliss-reactive ketones (excluding diaryl/α,β-unsaturated/α-hetero) is 1. The number of hydrogen-bond donors (Lipinski definition) is 0. The number of benzene rings is 1. The minimum absolute atomic E-state index is 0.0940. The maximum absolute atomic E-state index is 11.9. The van der Waals surface area contributed by atoms with E-state index in [9.17, 15) is 9.59 Å². The Bertz CT molecular complexity index is 444. The first kappa shape index (κ1) is 13.6. The molecule has 4 heteroatoms. The van der Waals surface area contributed by atoms with Crippen LogP contribution in [0.3, 0.4) is 0 Å². The van der Waals surface area contributed by atoms with Crippen LogP contribution in [-0.4, -0.2) is 25.0 Å². The standard InChI is InChI=1S/C15H18O4/c1-18-12-9-7-11(8-10-12)14(16)15(17)19-13-5-3-2-4-6-13/h7-10,13H,2-6H2,1H3. The highest BCUT2D eigenvalue weighted by Gasteiger charge is 2.23. The highest BCUT2D eigenvalue weighted by atomic mass is 16.5. The number of esters is 1. The Labute approximate surface area is 112 Å². The summed E-state index contributed by atoms with van der Waals surface area (Å²) in [5.41, 5.74) is 0.335. The summed E-state index contributed by atoms with van der Waals surface area (Å²) in [4.78, 5) is 23.7. The van der Waals surface area contributed by atoms with Gasteiger partial charge in [-0.1, -0.05) is 6.42 Å². The van der Waals surface area contributed by atoms with E-state index in [4.69, 9.17) is 9.47 Å². The molecule has 0 aliphatic heterocycles. The van der Waals surface area contributed by atoms with Crippen LogP contribution in [-0.2, 0) is 9.53 Å². The van der Waals surface area contributed by atoms with Gasteiger partial charge in [0, 0.05) is 5.56 Å². The van der Waals surface area contributed by atoms with Gasteiger partial charge in [0.25, 0.3) is 5.78 Å². The van der Waals surface area contributed by atoms with Gasteiger partial charge < -0.3 is 9.47 Å². The lowest BCUT2D eigenvalue weighted by Crippen LogP contribution is -2.26. The minimum atomic E-state index is -0.753. The van der Waals surface area contributed by atoms with Crippen molar-refractivity contribution in [1.82, 2.24) is 0 Å². The third kappa shape index (κ3) is 3.56. The highest BCUT2D eigenvalue weighted by molar-refractivity contribution is 6.40. The molecule has 0 aromatic heterocycles. The molecule has 1 aliphatic carbocycles. The number of methoxy groups -OCH3 is 1. The van der Waals surface area contributed by atoms with Crippen LogP contribution in [0, 0.1) is 0 Å². The average Bonchev–Trinajstić information content (AvgIpc) is 2.47. The summed E-state index contributed by atoms with van der Waals surface area (Å²) in [5, 5.41) is 0. The Kier molecular flexibility index (Phi) is 4.55. The monoisotopic (exact) mass is 262 g/mol. The van der Waals surface area contributed by atoms with Crippen LogP contribution < -0.4 is 4.74 Å². The van der Waals surface area contributed by atoms with Gasteiger partial charge in [-0.2, -0.15) is 0 Å². The number of carbonyl (C=O) groups excluding carboxylic acids is 2. The fraction of sp³-hybridized carbons (Fsp3) is 0.467. The summed E-state index contributed by atoms with van der Waals surface area (Å²) < 4.78 is 10.2. The van der Waals surface area contributed by atoms with E-state index in [0.717, 1.165) is 25.7 Å². The number of rotatable bonds is 4. The van der Waals surface area contributed by atoms with E-state index in [1.165, 1.54) is 6.42 Å². The topological polar surface area (TPSA) is 52.6 Å². The van der Waals surface area contributed by atoms with Crippen molar-refractivity contribution >= 4 is 11.8 Å². The van der Waals surface area contributed by atoms with Crippen LogP contribution in [0.25, 0.3) is 0 Å². The number of carbonyl (C=O) groups is 2. The Morgan fingerprint density at radius 3 is 2.26 bits per heavy atom. The van der Waals surface area contributed by atoms with Gasteiger partial charge >= 0.3 is 5.97 Å². The van der Waals surface area contributed by atoms with E-state index in [1.807, 2.05) is 0 Å². The van der Waals surface area contributed by atoms with Gasteiger partial charge in [0.2, 0.25) is 0 Å². The van der Waals surface area contributed by atoms with Crippen molar-refractivity contribution in [3.8, 4) is 5.75 Å². The summed E-state index contributed by atoms with van der Waals surface area (Å²) in [5.74, 6) is -0.692. The zero-order valence-electron chi connectivity index (χ0n) is 11.1. The molecule has 4 nitrogen and oxygen atoms in total. The van der Waals surface area contributed by atoms with Crippen LogP contribution in [0.15, 0.2) is 24.3 Å². The van der Waals surface area contributed by atoms with Crippen LogP contribution in [0.5, 0.6) is 5.75 Å². The molecule has 0 atom stereocenters. The molecule has 1 saturated carbocycles. The lowest BCUT2D eigenvalue weighted by Gasteiger charge is -2.21. The third-order valence-corrected chi connectivity index (χ3v) is 3.36. The molecule has 0 N–H and O–H groups in total. The van der Waals surface area contributed by atoms with E-state index in [2.05, 4.69) is 0 Å². The zero-order chi connectivity index (χ0) is 13.7. The molecule has 0 saturated heterocycles. The van der Waals surface area contributed by atoms with Crippen molar-refractivity contribution in [1.29, 1.82) is 0 Å². The largest absolute Gasteiger partial charge is 0.497 e. The lowest BCUT2D eigenvalue weighted by atomic mass is 9.98. The summed E-state index contributed by atoms with van der Waals surface area (Å²) >= 11 is 0. The van der Waals surface area contributed by atoms with Crippen LogP contribution in [0.1, 0.15) is 42.5 Å². The molecule has 0 radical (unpaired) electrons. The zero-order valence-corrected chi connectivity index (χ0v) is 11.1. The Morgan fingerprint density at radius 1 is 1.05 bits per heavy atom.